The molecule has 0 aromatic heterocycles. The monoisotopic (exact) mass is 285 g/mol. The smallest absolute Gasteiger partial charge is 0.117 e. The summed E-state index contributed by atoms with van der Waals surface area (Å²) in [6, 6.07) is 14.4. The average Bonchev–Trinajstić information content (AvgIpc) is 2.73. The van der Waals surface area contributed by atoms with Gasteiger partial charge in [0.15, 0.2) is 0 Å². The molecule has 108 valence electrons. The lowest BCUT2D eigenvalue weighted by atomic mass is 10.2. The Labute approximate surface area is 130 Å². The summed E-state index contributed by atoms with van der Waals surface area (Å²) in [5.74, 6) is 0.320. The van der Waals surface area contributed by atoms with Crippen LogP contribution in [0.25, 0.3) is 0 Å². The number of benzene rings is 2. The summed E-state index contributed by atoms with van der Waals surface area (Å²) < 4.78 is 30.9. The first-order valence-electron chi connectivity index (χ1n) is 8.68. The van der Waals surface area contributed by atoms with Crippen LogP contribution in [0.5, 0.6) is 5.75 Å². The predicted octanol–water partition coefficient (Wildman–Crippen LogP) is 2.84. The molecular formula is C17H19N3O. The fourth-order valence-electron chi connectivity index (χ4n) is 2.17. The molecule has 3 rings (SSSR count). The zero-order valence-electron chi connectivity index (χ0n) is 15.7. The van der Waals surface area contributed by atoms with Crippen molar-refractivity contribution in [1.82, 2.24) is 5.32 Å². The van der Waals surface area contributed by atoms with Gasteiger partial charge in [0.2, 0.25) is 0 Å². The second-order valence-corrected chi connectivity index (χ2v) is 4.86. The molecule has 0 unspecified atom stereocenters. The highest BCUT2D eigenvalue weighted by Gasteiger charge is 2.14. The van der Waals surface area contributed by atoms with Gasteiger partial charge in [-0.05, 0) is 31.2 Å². The Morgan fingerprint density at radius 2 is 2.05 bits per heavy atom. The zero-order chi connectivity index (χ0) is 18.2. The van der Waals surface area contributed by atoms with Crippen molar-refractivity contribution in [3.63, 3.8) is 0 Å². The van der Waals surface area contributed by atoms with E-state index >= 15 is 0 Å². The van der Waals surface area contributed by atoms with Gasteiger partial charge in [-0.3, -0.25) is 4.99 Å². The Hall–Kier alpha value is -2.49. The summed E-state index contributed by atoms with van der Waals surface area (Å²) in [6.45, 7) is -2.47. The van der Waals surface area contributed by atoms with Crippen LogP contribution in [0, 0.1) is 6.92 Å². The fourth-order valence-corrected chi connectivity index (χ4v) is 2.17. The Balaban J connectivity index is 1.97. The lowest BCUT2D eigenvalue weighted by Gasteiger charge is -2.25. The van der Waals surface area contributed by atoms with E-state index in [2.05, 4.69) is 10.3 Å². The standard InChI is InChI=1S/C17H19N3O/c1-13-5-7-14(8-6-13)20(12-17-18-9-10-19-17)15-3-2-4-16(21)11-15/h2-8,11,21H,9-10,12H2,1H3,(H,18,19)/i9D2,10D2. The maximum atomic E-state index is 9.79. The summed E-state index contributed by atoms with van der Waals surface area (Å²) in [6.07, 6.45) is 0. The van der Waals surface area contributed by atoms with Crippen molar-refractivity contribution >= 4 is 17.2 Å². The molecule has 0 saturated carbocycles. The minimum absolute atomic E-state index is 0.113. The number of rotatable bonds is 4. The molecule has 0 saturated heterocycles. The molecule has 0 atom stereocenters. The van der Waals surface area contributed by atoms with Crippen LogP contribution in [-0.2, 0) is 0 Å². The number of aliphatic imine (C=N–C) groups is 1. The number of nitrogens with zero attached hydrogens (tertiary/aromatic N) is 2. The van der Waals surface area contributed by atoms with Gasteiger partial charge in [0.25, 0.3) is 0 Å². The number of hydrogen-bond donors (Lipinski definition) is 2. The first-order valence-corrected chi connectivity index (χ1v) is 6.68. The Morgan fingerprint density at radius 3 is 2.71 bits per heavy atom. The Bertz CT molecular complexity index is 806. The van der Waals surface area contributed by atoms with Crippen molar-refractivity contribution in [3.05, 3.63) is 54.1 Å². The van der Waals surface area contributed by atoms with Crippen LogP contribution in [0.2, 0.25) is 0 Å². The highest BCUT2D eigenvalue weighted by molar-refractivity contribution is 5.90. The van der Waals surface area contributed by atoms with Gasteiger partial charge >= 0.3 is 0 Å². The first kappa shape index (κ1) is 9.45. The van der Waals surface area contributed by atoms with E-state index in [1.54, 1.807) is 18.2 Å². The van der Waals surface area contributed by atoms with E-state index in [4.69, 9.17) is 5.48 Å². The van der Waals surface area contributed by atoms with Crippen LogP contribution in [0.3, 0.4) is 0 Å². The molecule has 4 nitrogen and oxygen atoms in total. The zero-order valence-corrected chi connectivity index (χ0v) is 11.7. The molecule has 21 heavy (non-hydrogen) atoms. The lowest BCUT2D eigenvalue weighted by molar-refractivity contribution is 0.475. The van der Waals surface area contributed by atoms with E-state index in [1.165, 1.54) is 0 Å². The van der Waals surface area contributed by atoms with Gasteiger partial charge in [-0.15, -0.1) is 0 Å². The number of nitrogens with one attached hydrogen (secondary N) is 1. The van der Waals surface area contributed by atoms with Crippen molar-refractivity contribution < 1.29 is 10.6 Å². The summed E-state index contributed by atoms with van der Waals surface area (Å²) in [5.41, 5.74) is 2.62. The van der Waals surface area contributed by atoms with Crippen LogP contribution in [0.1, 0.15) is 11.0 Å². The predicted molar refractivity (Wildman–Crippen MR) is 86.6 cm³/mol. The molecule has 1 aliphatic rings. The molecule has 0 radical (unpaired) electrons. The van der Waals surface area contributed by atoms with Gasteiger partial charge in [0, 0.05) is 23.9 Å². The lowest BCUT2D eigenvalue weighted by Crippen LogP contribution is -2.32. The van der Waals surface area contributed by atoms with E-state index in [9.17, 15) is 5.11 Å². The number of anilines is 2. The average molecular weight is 285 g/mol. The third kappa shape index (κ3) is 3.16. The summed E-state index contributed by atoms with van der Waals surface area (Å²) in [5, 5.41) is 12.3. The van der Waals surface area contributed by atoms with E-state index < -0.39 is 13.0 Å². The molecule has 4 heteroatoms. The molecular weight excluding hydrogens is 262 g/mol. The highest BCUT2D eigenvalue weighted by atomic mass is 16.3. The molecule has 2 aromatic carbocycles. The number of phenolic OH excluding ortho intramolecular Hbond substituents is 1. The molecule has 2 aromatic rings. The topological polar surface area (TPSA) is 47.9 Å². The molecule has 0 fully saturated rings. The molecule has 0 aliphatic carbocycles. The quantitative estimate of drug-likeness (QED) is 0.908. The van der Waals surface area contributed by atoms with Crippen molar-refractivity contribution in [3.8, 4) is 5.75 Å². The summed E-state index contributed by atoms with van der Waals surface area (Å²) in [4.78, 5) is 5.70. The fraction of sp³-hybridized carbons (Fsp3) is 0.235. The van der Waals surface area contributed by atoms with Crippen LogP contribution in [-0.4, -0.2) is 30.5 Å². The van der Waals surface area contributed by atoms with Gasteiger partial charge in [0.1, 0.15) is 11.6 Å². The van der Waals surface area contributed by atoms with E-state index in [0.29, 0.717) is 5.69 Å². The molecule has 0 amide bonds. The normalized spacial score (nSPS) is 21.3. The van der Waals surface area contributed by atoms with Crippen LogP contribution >= 0.6 is 0 Å². The second-order valence-electron chi connectivity index (χ2n) is 4.86. The van der Waals surface area contributed by atoms with Crippen molar-refractivity contribution in [1.29, 1.82) is 0 Å². The number of aryl methyl sites for hydroxylation is 1. The molecule has 2 N–H and O–H groups in total. The molecule has 0 spiro atoms. The maximum Gasteiger partial charge on any atom is 0.117 e. The van der Waals surface area contributed by atoms with Gasteiger partial charge in [0.05, 0.1) is 18.5 Å². The third-order valence-electron chi connectivity index (χ3n) is 3.25. The molecule has 0 bridgehead atoms. The number of phenols is 1. The minimum atomic E-state index is -2.33. The van der Waals surface area contributed by atoms with E-state index in [-0.39, 0.29) is 18.1 Å². The number of aromatic hydroxyl groups is 1. The minimum Gasteiger partial charge on any atom is -0.508 e. The van der Waals surface area contributed by atoms with Gasteiger partial charge in [-0.1, -0.05) is 23.8 Å². The highest BCUT2D eigenvalue weighted by Crippen LogP contribution is 2.28. The van der Waals surface area contributed by atoms with Gasteiger partial charge < -0.3 is 15.3 Å². The van der Waals surface area contributed by atoms with Crippen LogP contribution in [0.15, 0.2) is 53.5 Å². The van der Waals surface area contributed by atoms with E-state index in [1.807, 2.05) is 42.2 Å². The molecule has 1 heterocycles. The number of amidine groups is 1. The van der Waals surface area contributed by atoms with Crippen LogP contribution in [0.4, 0.5) is 11.4 Å². The van der Waals surface area contributed by atoms with Crippen LogP contribution < -0.4 is 10.2 Å². The van der Waals surface area contributed by atoms with Crippen molar-refractivity contribution in [2.24, 2.45) is 4.99 Å². The van der Waals surface area contributed by atoms with Crippen molar-refractivity contribution in [2.75, 3.05) is 24.4 Å². The SMILES string of the molecule is [2H]C1([2H])N=C(CN(c2ccc(C)cc2)c2cccc(O)c2)NC1([2H])[2H]. The third-order valence-corrected chi connectivity index (χ3v) is 3.25. The second kappa shape index (κ2) is 5.87. The largest absolute Gasteiger partial charge is 0.508 e. The van der Waals surface area contributed by atoms with Gasteiger partial charge in [-0.2, -0.15) is 0 Å². The Kier molecular flexibility index (Phi) is 2.64. The summed E-state index contributed by atoms with van der Waals surface area (Å²) >= 11 is 0. The Morgan fingerprint density at radius 1 is 1.24 bits per heavy atom. The maximum absolute atomic E-state index is 9.79. The van der Waals surface area contributed by atoms with E-state index in [0.717, 1.165) is 11.3 Å². The van der Waals surface area contributed by atoms with Crippen molar-refractivity contribution in [2.45, 2.75) is 6.92 Å². The van der Waals surface area contributed by atoms with Gasteiger partial charge in [-0.25, -0.2) is 0 Å². The number of hydrogen-bond acceptors (Lipinski definition) is 4. The summed E-state index contributed by atoms with van der Waals surface area (Å²) in [7, 11) is 0. The first-order chi connectivity index (χ1) is 11.7. The molecule has 1 aliphatic heterocycles.